The van der Waals surface area contributed by atoms with E-state index in [0.717, 1.165) is 6.42 Å². The largest absolute Gasteiger partial charge is 0.356 e. The average molecular weight is 324 g/mol. The van der Waals surface area contributed by atoms with E-state index >= 15 is 0 Å². The summed E-state index contributed by atoms with van der Waals surface area (Å²) in [6.45, 7) is 0.687. The number of halogens is 1. The van der Waals surface area contributed by atoms with Gasteiger partial charge in [-0.25, -0.2) is 4.98 Å². The van der Waals surface area contributed by atoms with E-state index in [2.05, 4.69) is 21.4 Å². The fourth-order valence-electron chi connectivity index (χ4n) is 2.97. The van der Waals surface area contributed by atoms with Crippen LogP contribution in [-0.4, -0.2) is 28.2 Å². The van der Waals surface area contributed by atoms with E-state index in [0.29, 0.717) is 18.7 Å². The second-order valence-corrected chi connectivity index (χ2v) is 5.93. The number of rotatable bonds is 6. The Morgan fingerprint density at radius 3 is 2.86 bits per heavy atom. The Kier molecular flexibility index (Phi) is 5.77. The normalized spacial score (nSPS) is 23.2. The van der Waals surface area contributed by atoms with Gasteiger partial charge in [-0.1, -0.05) is 11.6 Å². The van der Waals surface area contributed by atoms with Crippen molar-refractivity contribution in [3.63, 3.8) is 0 Å². The van der Waals surface area contributed by atoms with Gasteiger partial charge in [0.1, 0.15) is 5.69 Å². The summed E-state index contributed by atoms with van der Waals surface area (Å²) in [5, 5.41) is 2.96. The molecule has 0 aromatic carbocycles. The Morgan fingerprint density at radius 1 is 1.32 bits per heavy atom. The van der Waals surface area contributed by atoms with Gasteiger partial charge in [0.05, 0.1) is 12.5 Å². The van der Waals surface area contributed by atoms with Gasteiger partial charge in [0.2, 0.25) is 5.91 Å². The molecule has 3 rings (SSSR count). The molecule has 1 saturated carbocycles. The van der Waals surface area contributed by atoms with E-state index in [1.54, 1.807) is 0 Å². The Bertz CT molecular complexity index is 554. The first kappa shape index (κ1) is 16.7. The van der Waals surface area contributed by atoms with Gasteiger partial charge in [-0.3, -0.25) is 9.59 Å². The zero-order chi connectivity index (χ0) is 14.7. The highest BCUT2D eigenvalue weighted by Gasteiger charge is 2.48. The summed E-state index contributed by atoms with van der Waals surface area (Å²) in [6.07, 6.45) is 11.8. The summed E-state index contributed by atoms with van der Waals surface area (Å²) in [5.74, 6) is -0.299. The molecular weight excluding hydrogens is 302 g/mol. The molecule has 120 valence electrons. The van der Waals surface area contributed by atoms with Crippen LogP contribution < -0.4 is 5.32 Å². The Hall–Kier alpha value is -1.62. The van der Waals surface area contributed by atoms with Gasteiger partial charge in [-0.2, -0.15) is 0 Å². The second kappa shape index (κ2) is 7.58. The number of imidazole rings is 1. The highest BCUT2D eigenvalue weighted by molar-refractivity contribution is 6.02. The summed E-state index contributed by atoms with van der Waals surface area (Å²) in [6, 6.07) is 0. The number of carbonyl (C=O) groups excluding carboxylic acids is 2. The molecule has 2 atom stereocenters. The van der Waals surface area contributed by atoms with Crippen molar-refractivity contribution in [3.8, 4) is 0 Å². The molecule has 6 heteroatoms. The third-order valence-corrected chi connectivity index (χ3v) is 4.36. The first-order valence-corrected chi connectivity index (χ1v) is 7.74. The maximum absolute atomic E-state index is 12.0. The molecule has 2 aliphatic rings. The number of aromatic nitrogens is 2. The number of aromatic amines is 1. The molecule has 22 heavy (non-hydrogen) atoms. The number of amides is 1. The van der Waals surface area contributed by atoms with Crippen molar-refractivity contribution in [1.29, 1.82) is 0 Å². The number of hydrogen-bond acceptors (Lipinski definition) is 3. The molecule has 1 fully saturated rings. The summed E-state index contributed by atoms with van der Waals surface area (Å²) in [5.41, 5.74) is 1.96. The van der Waals surface area contributed by atoms with Crippen molar-refractivity contribution in [2.75, 3.05) is 6.54 Å². The number of H-pyrrole nitrogens is 1. The Balaban J connectivity index is 0.00000176. The summed E-state index contributed by atoms with van der Waals surface area (Å²) >= 11 is 0. The van der Waals surface area contributed by atoms with Gasteiger partial charge in [-0.15, -0.1) is 12.4 Å². The molecule has 0 spiro atoms. The van der Waals surface area contributed by atoms with Crippen LogP contribution in [0, 0.1) is 11.8 Å². The first-order valence-electron chi connectivity index (χ1n) is 7.74. The van der Waals surface area contributed by atoms with E-state index in [1.165, 1.54) is 43.8 Å². The number of allylic oxidation sites excluding steroid dienone is 1. The quantitative estimate of drug-likeness (QED) is 0.624. The van der Waals surface area contributed by atoms with Gasteiger partial charge in [0.25, 0.3) is 0 Å². The number of ketones is 1. The molecule has 0 radical (unpaired) electrons. The molecule has 0 aliphatic heterocycles. The van der Waals surface area contributed by atoms with Crippen LogP contribution >= 0.6 is 12.4 Å². The van der Waals surface area contributed by atoms with E-state index in [4.69, 9.17) is 0 Å². The lowest BCUT2D eigenvalue weighted by atomic mass is 9.97. The lowest BCUT2D eigenvalue weighted by Gasteiger charge is -2.12. The number of nitrogens with zero attached hydrogens (tertiary/aromatic N) is 1. The van der Waals surface area contributed by atoms with Gasteiger partial charge in [0.15, 0.2) is 5.78 Å². The predicted molar refractivity (Wildman–Crippen MR) is 85.9 cm³/mol. The first-order chi connectivity index (χ1) is 10.3. The monoisotopic (exact) mass is 323 g/mol. The van der Waals surface area contributed by atoms with Crippen molar-refractivity contribution in [1.82, 2.24) is 15.3 Å². The van der Waals surface area contributed by atoms with Crippen LogP contribution in [0.5, 0.6) is 0 Å². The molecule has 2 aliphatic carbocycles. The standard InChI is InChI=1S/C16H21N3O2.ClH/c20-15(14-9-17-10-19-14)12-8-13(12)16(21)18-7-6-11-4-2-1-3-5-11;/h4,9-10,12-13H,1-3,5-8H2,(H,17,19)(H,18,21);1H/t12-,13+;/m0./s1. The number of carbonyl (C=O) groups is 2. The third kappa shape index (κ3) is 3.97. The molecule has 1 amide bonds. The van der Waals surface area contributed by atoms with Crippen LogP contribution in [0.15, 0.2) is 24.2 Å². The van der Waals surface area contributed by atoms with E-state index < -0.39 is 0 Å². The maximum Gasteiger partial charge on any atom is 0.223 e. The molecular formula is C16H22ClN3O2. The fraction of sp³-hybridized carbons (Fsp3) is 0.562. The van der Waals surface area contributed by atoms with E-state index in [-0.39, 0.29) is 35.9 Å². The lowest BCUT2D eigenvalue weighted by molar-refractivity contribution is -0.122. The van der Waals surface area contributed by atoms with Gasteiger partial charge < -0.3 is 10.3 Å². The summed E-state index contributed by atoms with van der Waals surface area (Å²) in [4.78, 5) is 30.7. The van der Waals surface area contributed by atoms with Crippen LogP contribution in [0.1, 0.15) is 49.0 Å². The Morgan fingerprint density at radius 2 is 2.18 bits per heavy atom. The van der Waals surface area contributed by atoms with Crippen molar-refractivity contribution in [2.24, 2.45) is 11.8 Å². The molecule has 0 bridgehead atoms. The summed E-state index contributed by atoms with van der Waals surface area (Å²) in [7, 11) is 0. The van der Waals surface area contributed by atoms with Crippen molar-refractivity contribution in [2.45, 2.75) is 38.5 Å². The smallest absolute Gasteiger partial charge is 0.223 e. The van der Waals surface area contributed by atoms with Crippen molar-refractivity contribution < 1.29 is 9.59 Å². The van der Waals surface area contributed by atoms with Crippen LogP contribution in [-0.2, 0) is 4.79 Å². The third-order valence-electron chi connectivity index (χ3n) is 4.36. The van der Waals surface area contributed by atoms with Gasteiger partial charge in [0, 0.05) is 18.4 Å². The zero-order valence-corrected chi connectivity index (χ0v) is 13.3. The van der Waals surface area contributed by atoms with Gasteiger partial charge >= 0.3 is 0 Å². The van der Waals surface area contributed by atoms with Crippen LogP contribution in [0.25, 0.3) is 0 Å². The molecule has 1 heterocycles. The average Bonchev–Trinajstić information content (AvgIpc) is 3.13. The topological polar surface area (TPSA) is 74.8 Å². The van der Waals surface area contributed by atoms with Crippen LogP contribution in [0.4, 0.5) is 0 Å². The number of nitrogens with one attached hydrogen (secondary N) is 2. The molecule has 1 aromatic rings. The molecule has 0 unspecified atom stereocenters. The summed E-state index contributed by atoms with van der Waals surface area (Å²) < 4.78 is 0. The highest BCUT2D eigenvalue weighted by atomic mass is 35.5. The minimum atomic E-state index is -0.167. The minimum Gasteiger partial charge on any atom is -0.356 e. The predicted octanol–water partition coefficient (Wildman–Crippen LogP) is 2.66. The highest BCUT2D eigenvalue weighted by Crippen LogP contribution is 2.40. The minimum absolute atomic E-state index is 0. The van der Waals surface area contributed by atoms with E-state index in [1.807, 2.05) is 0 Å². The molecule has 2 N–H and O–H groups in total. The second-order valence-electron chi connectivity index (χ2n) is 5.93. The zero-order valence-electron chi connectivity index (χ0n) is 12.5. The Labute approximate surface area is 136 Å². The van der Waals surface area contributed by atoms with Gasteiger partial charge in [-0.05, 0) is 38.5 Å². The molecule has 5 nitrogen and oxygen atoms in total. The van der Waals surface area contributed by atoms with Crippen LogP contribution in [0.3, 0.4) is 0 Å². The van der Waals surface area contributed by atoms with Crippen LogP contribution in [0.2, 0.25) is 0 Å². The van der Waals surface area contributed by atoms with E-state index in [9.17, 15) is 9.59 Å². The SMILES string of the molecule is Cl.O=C(c1cnc[nH]1)[C@H]1C[C@H]1C(=O)NCCC1=CCCCC1. The molecule has 1 aromatic heterocycles. The van der Waals surface area contributed by atoms with Crippen molar-refractivity contribution >= 4 is 24.1 Å². The number of Topliss-reactive ketones (excluding diaryl/α,β-unsaturated/α-hetero) is 1. The van der Waals surface area contributed by atoms with Crippen molar-refractivity contribution in [3.05, 3.63) is 29.9 Å². The number of hydrogen-bond donors (Lipinski definition) is 2. The molecule has 0 saturated heterocycles. The fourth-order valence-corrected chi connectivity index (χ4v) is 2.97. The maximum atomic E-state index is 12.0. The lowest BCUT2D eigenvalue weighted by Crippen LogP contribution is -2.27.